The van der Waals surface area contributed by atoms with Crippen LogP contribution in [-0.2, 0) is 0 Å². The van der Waals surface area contributed by atoms with E-state index < -0.39 is 0 Å². The molecule has 3 heterocycles. The average Bonchev–Trinajstić information content (AvgIpc) is 3.55. The van der Waals surface area contributed by atoms with E-state index in [2.05, 4.69) is 124 Å². The first-order chi connectivity index (χ1) is 22.6. The zero-order valence-corrected chi connectivity index (χ0v) is 28.3. The molecule has 0 spiro atoms. The maximum atomic E-state index is 6.64. The molecule has 0 atom stereocenters. The summed E-state index contributed by atoms with van der Waals surface area (Å²) >= 11 is 0. The molecule has 0 amide bonds. The normalized spacial score (nSPS) is 11.6. The quantitative estimate of drug-likeness (QED) is 0.178. The number of hydrogen-bond donors (Lipinski definition) is 0. The van der Waals surface area contributed by atoms with Crippen LogP contribution in [0.15, 0.2) is 91.1 Å². The lowest BCUT2D eigenvalue weighted by atomic mass is 9.90. The van der Waals surface area contributed by atoms with E-state index in [1.54, 1.807) is 13.3 Å². The van der Waals surface area contributed by atoms with Gasteiger partial charge in [0.2, 0.25) is 0 Å². The van der Waals surface area contributed by atoms with Crippen LogP contribution in [0.5, 0.6) is 17.2 Å². The van der Waals surface area contributed by atoms with Crippen molar-refractivity contribution in [3.8, 4) is 39.9 Å². The fraction of sp³-hybridized carbons (Fsp3) is 0.220. The molecule has 0 aliphatic rings. The number of aryl methyl sites for hydroxylation is 5. The molecule has 0 saturated heterocycles. The van der Waals surface area contributed by atoms with Gasteiger partial charge in [0.15, 0.2) is 0 Å². The Kier molecular flexibility index (Phi) is 7.59. The number of hydrogen-bond acceptors (Lipinski definition) is 4. The highest BCUT2D eigenvalue weighted by Gasteiger charge is 2.24. The monoisotopic (exact) mass is 620 g/mol. The van der Waals surface area contributed by atoms with E-state index in [4.69, 9.17) is 19.6 Å². The van der Waals surface area contributed by atoms with Gasteiger partial charge in [0.1, 0.15) is 23.1 Å². The van der Waals surface area contributed by atoms with Gasteiger partial charge in [0, 0.05) is 40.7 Å². The van der Waals surface area contributed by atoms with Crippen LogP contribution in [0.3, 0.4) is 0 Å². The maximum absolute atomic E-state index is 6.64. The van der Waals surface area contributed by atoms with Gasteiger partial charge < -0.3 is 9.47 Å². The summed E-state index contributed by atoms with van der Waals surface area (Å²) in [4.78, 5) is 4.70. The number of ether oxygens (including phenoxy) is 2. The minimum atomic E-state index is 0.255. The van der Waals surface area contributed by atoms with Crippen molar-refractivity contribution < 1.29 is 9.47 Å². The van der Waals surface area contributed by atoms with Crippen LogP contribution >= 0.6 is 0 Å². The summed E-state index contributed by atoms with van der Waals surface area (Å²) in [6, 6.07) is 29.4. The number of benzene rings is 4. The van der Waals surface area contributed by atoms with Crippen molar-refractivity contribution >= 4 is 21.8 Å². The van der Waals surface area contributed by atoms with Crippen molar-refractivity contribution in [2.45, 2.75) is 54.4 Å². The molecule has 6 nitrogen and oxygen atoms in total. The topological polar surface area (TPSA) is 54.1 Å². The zero-order chi connectivity index (χ0) is 33.0. The lowest BCUT2D eigenvalue weighted by molar-refractivity contribution is 0.414. The van der Waals surface area contributed by atoms with Crippen LogP contribution in [0.1, 0.15) is 53.4 Å². The highest BCUT2D eigenvalue weighted by atomic mass is 16.5. The van der Waals surface area contributed by atoms with Crippen LogP contribution < -0.4 is 9.47 Å². The molecule has 0 aliphatic carbocycles. The second-order valence-electron chi connectivity index (χ2n) is 12.9. The smallest absolute Gasteiger partial charge is 0.141 e. The second kappa shape index (κ2) is 11.8. The van der Waals surface area contributed by atoms with Gasteiger partial charge in [-0.15, -0.1) is 0 Å². The molecule has 6 heteroatoms. The van der Waals surface area contributed by atoms with E-state index in [1.807, 2.05) is 18.2 Å². The molecule has 4 aromatic carbocycles. The predicted octanol–water partition coefficient (Wildman–Crippen LogP) is 10.5. The van der Waals surface area contributed by atoms with Crippen LogP contribution in [0.4, 0.5) is 0 Å². The lowest BCUT2D eigenvalue weighted by Gasteiger charge is -2.17. The first-order valence-corrected chi connectivity index (χ1v) is 16.1. The molecule has 3 aromatic heterocycles. The van der Waals surface area contributed by atoms with Gasteiger partial charge in [0.05, 0.1) is 35.2 Å². The van der Waals surface area contributed by atoms with E-state index in [0.29, 0.717) is 0 Å². The Labute approximate surface area is 276 Å². The van der Waals surface area contributed by atoms with Crippen molar-refractivity contribution in [1.29, 1.82) is 0 Å². The molecule has 7 rings (SSSR count). The SMILES string of the molecule is COc1ccnc(-n2c3ccccc3c3ccc(Oc4cc(C)cc(-n5nc(C)c(-c6c(C)cc(C)cc6C)c5C(C)C)c4)cc32)c1. The summed E-state index contributed by atoms with van der Waals surface area (Å²) in [7, 11) is 1.67. The Balaban J connectivity index is 1.33. The van der Waals surface area contributed by atoms with E-state index in [-0.39, 0.29) is 5.92 Å². The molecule has 0 unspecified atom stereocenters. The Morgan fingerprint density at radius 2 is 1.38 bits per heavy atom. The van der Waals surface area contributed by atoms with Crippen molar-refractivity contribution in [1.82, 2.24) is 19.3 Å². The fourth-order valence-corrected chi connectivity index (χ4v) is 7.11. The Morgan fingerprint density at radius 1 is 0.660 bits per heavy atom. The number of methoxy groups -OCH3 is 1. The molecule has 0 bridgehead atoms. The standard InChI is InChI=1S/C41H40N4O2/c1-24(2)41-40(39-27(5)17-25(3)18-28(39)6)29(7)43-45(41)30-19-26(4)20-33(21-30)47-32-13-14-35-34-11-9-10-12-36(34)44(37(35)22-32)38-23-31(46-8)15-16-42-38/h9-24H,1-8H3. The second-order valence-corrected chi connectivity index (χ2v) is 12.9. The van der Waals surface area contributed by atoms with Crippen molar-refractivity contribution in [3.63, 3.8) is 0 Å². The minimum Gasteiger partial charge on any atom is -0.497 e. The lowest BCUT2D eigenvalue weighted by Crippen LogP contribution is -2.06. The Hall–Kier alpha value is -5.36. The van der Waals surface area contributed by atoms with Crippen molar-refractivity contribution in [2.75, 3.05) is 7.11 Å². The fourth-order valence-electron chi connectivity index (χ4n) is 7.11. The number of para-hydroxylation sites is 1. The molecule has 0 aliphatic heterocycles. The zero-order valence-electron chi connectivity index (χ0n) is 28.3. The maximum Gasteiger partial charge on any atom is 0.141 e. The number of aromatic nitrogens is 4. The highest BCUT2D eigenvalue weighted by molar-refractivity contribution is 6.09. The number of pyridine rings is 1. The van der Waals surface area contributed by atoms with Crippen LogP contribution in [0, 0.1) is 34.6 Å². The van der Waals surface area contributed by atoms with E-state index in [1.165, 1.54) is 33.5 Å². The summed E-state index contributed by atoms with van der Waals surface area (Å²) in [6.45, 7) is 15.3. The molecular weight excluding hydrogens is 580 g/mol. The highest BCUT2D eigenvalue weighted by Crippen LogP contribution is 2.40. The van der Waals surface area contributed by atoms with E-state index in [9.17, 15) is 0 Å². The predicted molar refractivity (Wildman–Crippen MR) is 192 cm³/mol. The first kappa shape index (κ1) is 30.3. The van der Waals surface area contributed by atoms with Gasteiger partial charge in [-0.3, -0.25) is 4.57 Å². The van der Waals surface area contributed by atoms with Gasteiger partial charge in [-0.25, -0.2) is 9.67 Å². The van der Waals surface area contributed by atoms with Crippen molar-refractivity contribution in [3.05, 3.63) is 125 Å². The van der Waals surface area contributed by atoms with Gasteiger partial charge >= 0.3 is 0 Å². The molecule has 7 aromatic rings. The van der Waals surface area contributed by atoms with Crippen LogP contribution in [-0.4, -0.2) is 26.4 Å². The first-order valence-electron chi connectivity index (χ1n) is 16.1. The molecule has 0 radical (unpaired) electrons. The third-order valence-corrected chi connectivity index (χ3v) is 8.91. The van der Waals surface area contributed by atoms with Crippen LogP contribution in [0.25, 0.3) is 44.4 Å². The average molecular weight is 621 g/mol. The van der Waals surface area contributed by atoms with Gasteiger partial charge in [-0.2, -0.15) is 5.10 Å². The summed E-state index contributed by atoms with van der Waals surface area (Å²) in [5.74, 6) is 3.30. The van der Waals surface area contributed by atoms with E-state index >= 15 is 0 Å². The third kappa shape index (κ3) is 5.34. The van der Waals surface area contributed by atoms with Gasteiger partial charge in [-0.1, -0.05) is 49.7 Å². The van der Waals surface area contributed by atoms with Gasteiger partial charge in [-0.05, 0) is 99.2 Å². The van der Waals surface area contributed by atoms with Gasteiger partial charge in [0.25, 0.3) is 0 Å². The summed E-state index contributed by atoms with van der Waals surface area (Å²) in [6.07, 6.45) is 1.78. The van der Waals surface area contributed by atoms with Crippen molar-refractivity contribution in [2.24, 2.45) is 0 Å². The largest absolute Gasteiger partial charge is 0.497 e. The summed E-state index contributed by atoms with van der Waals surface area (Å²) < 4.78 is 16.4. The third-order valence-electron chi connectivity index (χ3n) is 8.91. The Bertz CT molecular complexity index is 2280. The summed E-state index contributed by atoms with van der Waals surface area (Å²) in [5, 5.41) is 7.42. The molecule has 0 N–H and O–H groups in total. The number of rotatable bonds is 7. The number of nitrogens with zero attached hydrogens (tertiary/aromatic N) is 4. The molecule has 0 saturated carbocycles. The molecule has 47 heavy (non-hydrogen) atoms. The van der Waals surface area contributed by atoms with Crippen LogP contribution in [0.2, 0.25) is 0 Å². The summed E-state index contributed by atoms with van der Waals surface area (Å²) in [5.41, 5.74) is 12.7. The van der Waals surface area contributed by atoms with E-state index in [0.717, 1.165) is 61.8 Å². The number of fused-ring (bicyclic) bond motifs is 3. The Morgan fingerprint density at radius 3 is 2.13 bits per heavy atom. The molecular formula is C41H40N4O2. The molecule has 0 fully saturated rings. The molecule has 236 valence electrons. The minimum absolute atomic E-state index is 0.255.